The summed E-state index contributed by atoms with van der Waals surface area (Å²) in [5.74, 6) is 0. The van der Waals surface area contributed by atoms with E-state index in [0.717, 1.165) is 59.0 Å². The number of nitrogens with two attached hydrogens (primary N) is 1. The summed E-state index contributed by atoms with van der Waals surface area (Å²) in [6.07, 6.45) is 6.27. The van der Waals surface area contributed by atoms with E-state index in [0.29, 0.717) is 10.3 Å². The molecule has 0 bridgehead atoms. The topological polar surface area (TPSA) is 75.1 Å². The molecule has 1 aromatic heterocycles. The maximum absolute atomic E-state index is 8.22. The average molecular weight is 463 g/mol. The number of aromatic nitrogens is 1. The van der Waals surface area contributed by atoms with Crippen molar-refractivity contribution in [3.05, 3.63) is 58.1 Å². The van der Waals surface area contributed by atoms with Crippen LogP contribution in [0.4, 0.5) is 5.69 Å². The van der Waals surface area contributed by atoms with Gasteiger partial charge in [-0.25, -0.2) is 4.98 Å². The molecule has 0 unspecified atom stereocenters. The van der Waals surface area contributed by atoms with E-state index in [-0.39, 0.29) is 6.04 Å². The minimum Gasteiger partial charge on any atom is -0.398 e. The minimum absolute atomic E-state index is 0.267. The van der Waals surface area contributed by atoms with Crippen molar-refractivity contribution in [1.82, 2.24) is 4.98 Å². The predicted molar refractivity (Wildman–Crippen MR) is 131 cm³/mol. The molecule has 0 fully saturated rings. The molecule has 4 nitrogen and oxygen atoms in total. The molecule has 0 radical (unpaired) electrons. The Balaban J connectivity index is 1.99. The van der Waals surface area contributed by atoms with Crippen LogP contribution in [0.25, 0.3) is 22.2 Å². The van der Waals surface area contributed by atoms with Gasteiger partial charge in [0.1, 0.15) is 4.62 Å². The van der Waals surface area contributed by atoms with Crippen molar-refractivity contribution in [1.29, 1.82) is 5.41 Å². The van der Waals surface area contributed by atoms with Gasteiger partial charge in [-0.15, -0.1) is 0 Å². The minimum atomic E-state index is 0.267. The molecule has 1 heterocycles. The number of rotatable bonds is 4. The number of nitrogen functional groups attached to an aromatic ring is 1. The standard InChI is InChI=1S/C25H27BrN4/c1-14(2)29-13-17-12-16(9-8-15(17)3)24-19-7-5-4-6-18(19)22-21(30-24)11-10-20(27)23(22)25(26)28/h8-14,28H,4-7,27H2,1-3H3/b28-25?,29-13-. The van der Waals surface area contributed by atoms with E-state index in [2.05, 4.69) is 59.9 Å². The van der Waals surface area contributed by atoms with E-state index in [1.807, 2.05) is 18.3 Å². The number of anilines is 1. The van der Waals surface area contributed by atoms with E-state index >= 15 is 0 Å². The van der Waals surface area contributed by atoms with Crippen LogP contribution in [0.3, 0.4) is 0 Å². The molecule has 154 valence electrons. The van der Waals surface area contributed by atoms with Gasteiger partial charge in [0.15, 0.2) is 0 Å². The van der Waals surface area contributed by atoms with E-state index in [1.165, 1.54) is 16.7 Å². The van der Waals surface area contributed by atoms with E-state index in [4.69, 9.17) is 16.1 Å². The molecular formula is C25H27BrN4. The summed E-state index contributed by atoms with van der Waals surface area (Å²) >= 11 is 3.35. The highest BCUT2D eigenvalue weighted by atomic mass is 79.9. The fourth-order valence-corrected chi connectivity index (χ4v) is 4.70. The molecule has 0 saturated carbocycles. The number of halogens is 1. The second kappa shape index (κ2) is 8.31. The highest BCUT2D eigenvalue weighted by molar-refractivity contribution is 9.18. The summed E-state index contributed by atoms with van der Waals surface area (Å²) in [5, 5.41) is 9.25. The first-order valence-electron chi connectivity index (χ1n) is 10.5. The third-order valence-corrected chi connectivity index (χ3v) is 6.18. The first-order valence-corrected chi connectivity index (χ1v) is 11.3. The molecule has 0 saturated heterocycles. The maximum Gasteiger partial charge on any atom is 0.107 e. The summed E-state index contributed by atoms with van der Waals surface area (Å²) in [4.78, 5) is 9.67. The fraction of sp³-hybridized carbons (Fsp3) is 0.320. The first kappa shape index (κ1) is 20.7. The van der Waals surface area contributed by atoms with Gasteiger partial charge in [0, 0.05) is 34.5 Å². The number of aliphatic imine (C=N–C) groups is 1. The molecule has 5 heteroatoms. The number of benzene rings is 2. The molecule has 3 N–H and O–H groups in total. The van der Waals surface area contributed by atoms with Gasteiger partial charge >= 0.3 is 0 Å². The third kappa shape index (κ3) is 3.79. The van der Waals surface area contributed by atoms with E-state index in [1.54, 1.807) is 0 Å². The van der Waals surface area contributed by atoms with E-state index in [9.17, 15) is 0 Å². The van der Waals surface area contributed by atoms with Crippen LogP contribution in [0.5, 0.6) is 0 Å². The summed E-state index contributed by atoms with van der Waals surface area (Å²) in [5.41, 5.74) is 15.6. The second-order valence-corrected chi connectivity index (χ2v) is 9.10. The van der Waals surface area contributed by atoms with Gasteiger partial charge in [0.05, 0.1) is 11.2 Å². The van der Waals surface area contributed by atoms with Crippen LogP contribution < -0.4 is 5.73 Å². The lowest BCUT2D eigenvalue weighted by molar-refractivity contribution is 0.689. The zero-order chi connectivity index (χ0) is 21.4. The lowest BCUT2D eigenvalue weighted by Crippen LogP contribution is -2.11. The number of aryl methyl sites for hydroxylation is 2. The van der Waals surface area contributed by atoms with Gasteiger partial charge in [-0.05, 0) is 103 Å². The van der Waals surface area contributed by atoms with Crippen LogP contribution in [-0.4, -0.2) is 21.9 Å². The molecular weight excluding hydrogens is 436 g/mol. The van der Waals surface area contributed by atoms with E-state index < -0.39 is 0 Å². The van der Waals surface area contributed by atoms with Gasteiger partial charge in [-0.3, -0.25) is 10.4 Å². The van der Waals surface area contributed by atoms with Crippen molar-refractivity contribution in [2.45, 2.75) is 52.5 Å². The SMILES string of the molecule is Cc1ccc(-c2nc3ccc(N)c(C(=N)Br)c3c3c2CCCC3)cc1/C=N\C(C)C. The van der Waals surface area contributed by atoms with Crippen molar-refractivity contribution in [3.63, 3.8) is 0 Å². The Morgan fingerprint density at radius 2 is 1.90 bits per heavy atom. The zero-order valence-electron chi connectivity index (χ0n) is 17.7. The normalized spacial score (nSPS) is 13.9. The largest absolute Gasteiger partial charge is 0.398 e. The average Bonchev–Trinajstić information content (AvgIpc) is 2.72. The number of fused-ring (bicyclic) bond motifs is 3. The van der Waals surface area contributed by atoms with Crippen molar-refractivity contribution >= 4 is 43.4 Å². The van der Waals surface area contributed by atoms with Gasteiger partial charge in [-0.2, -0.15) is 0 Å². The van der Waals surface area contributed by atoms with Crippen molar-refractivity contribution in [2.24, 2.45) is 4.99 Å². The Morgan fingerprint density at radius 3 is 2.60 bits per heavy atom. The van der Waals surface area contributed by atoms with Gasteiger partial charge in [0.25, 0.3) is 0 Å². The third-order valence-electron chi connectivity index (χ3n) is 5.79. The highest BCUT2D eigenvalue weighted by Gasteiger charge is 2.23. The highest BCUT2D eigenvalue weighted by Crippen LogP contribution is 2.38. The smallest absolute Gasteiger partial charge is 0.107 e. The van der Waals surface area contributed by atoms with Gasteiger partial charge < -0.3 is 5.73 Å². The lowest BCUT2D eigenvalue weighted by atomic mass is 9.84. The monoisotopic (exact) mass is 462 g/mol. The fourth-order valence-electron chi connectivity index (χ4n) is 4.27. The number of hydrogen-bond acceptors (Lipinski definition) is 4. The zero-order valence-corrected chi connectivity index (χ0v) is 19.3. The summed E-state index contributed by atoms with van der Waals surface area (Å²) < 4.78 is 0.315. The molecule has 0 aliphatic heterocycles. The Bertz CT molecular complexity index is 1180. The first-order chi connectivity index (χ1) is 14.4. The quantitative estimate of drug-likeness (QED) is 0.356. The number of nitrogens with one attached hydrogen (secondary N) is 1. The molecule has 1 aliphatic rings. The Hall–Kier alpha value is -2.53. The lowest BCUT2D eigenvalue weighted by Gasteiger charge is -2.23. The Kier molecular flexibility index (Phi) is 5.74. The summed E-state index contributed by atoms with van der Waals surface area (Å²) in [7, 11) is 0. The second-order valence-electron chi connectivity index (χ2n) is 8.31. The van der Waals surface area contributed by atoms with Crippen molar-refractivity contribution < 1.29 is 0 Å². The van der Waals surface area contributed by atoms with Gasteiger partial charge in [0.2, 0.25) is 0 Å². The number of nitrogens with zero attached hydrogens (tertiary/aromatic N) is 2. The Morgan fingerprint density at radius 1 is 1.17 bits per heavy atom. The summed E-state index contributed by atoms with van der Waals surface area (Å²) in [6, 6.07) is 10.6. The molecule has 4 rings (SSSR count). The molecule has 3 aromatic rings. The van der Waals surface area contributed by atoms with Crippen LogP contribution in [0.1, 0.15) is 54.5 Å². The van der Waals surface area contributed by atoms with Crippen LogP contribution >= 0.6 is 15.9 Å². The predicted octanol–water partition coefficient (Wildman–Crippen LogP) is 6.22. The van der Waals surface area contributed by atoms with Crippen LogP contribution in [0.2, 0.25) is 0 Å². The van der Waals surface area contributed by atoms with Crippen LogP contribution in [0.15, 0.2) is 35.3 Å². The van der Waals surface area contributed by atoms with Crippen LogP contribution in [-0.2, 0) is 12.8 Å². The Labute approximate surface area is 186 Å². The molecule has 0 spiro atoms. The molecule has 30 heavy (non-hydrogen) atoms. The molecule has 1 aliphatic carbocycles. The van der Waals surface area contributed by atoms with Gasteiger partial charge in [-0.1, -0.05) is 12.1 Å². The van der Waals surface area contributed by atoms with Crippen molar-refractivity contribution in [2.75, 3.05) is 5.73 Å². The maximum atomic E-state index is 8.22. The molecule has 0 amide bonds. The van der Waals surface area contributed by atoms with Crippen molar-refractivity contribution in [3.8, 4) is 11.3 Å². The molecule has 0 atom stereocenters. The molecule has 2 aromatic carbocycles. The van der Waals surface area contributed by atoms with Crippen LogP contribution in [0, 0.1) is 12.3 Å². The number of pyridine rings is 1. The summed E-state index contributed by atoms with van der Waals surface area (Å²) in [6.45, 7) is 6.29. The number of hydrogen-bond donors (Lipinski definition) is 2.